The molecule has 35 heavy (non-hydrogen) atoms. The Hall–Kier alpha value is -4.58. The first-order chi connectivity index (χ1) is 16.8. The first-order valence-corrected chi connectivity index (χ1v) is 11.6. The van der Waals surface area contributed by atoms with Gasteiger partial charge >= 0.3 is 11.4 Å². The zero-order valence-electron chi connectivity index (χ0n) is 18.2. The summed E-state index contributed by atoms with van der Waals surface area (Å²) in [7, 11) is -2.82. The van der Waals surface area contributed by atoms with Crippen LogP contribution in [0, 0.1) is 0 Å². The molecule has 0 radical (unpaired) electrons. The lowest BCUT2D eigenvalue weighted by molar-refractivity contribution is -0.116. The molecule has 11 nitrogen and oxygen atoms in total. The molecule has 0 aliphatic carbocycles. The molecule has 0 aliphatic rings. The van der Waals surface area contributed by atoms with E-state index in [0.29, 0.717) is 5.76 Å². The number of nitrogens with one attached hydrogen (secondary N) is 3. The number of fused-ring (bicyclic) bond motifs is 1. The topological polar surface area (TPSA) is 161 Å². The van der Waals surface area contributed by atoms with Crippen LogP contribution < -0.4 is 26.2 Å². The van der Waals surface area contributed by atoms with Crippen molar-refractivity contribution >= 4 is 38.6 Å². The van der Waals surface area contributed by atoms with Gasteiger partial charge in [-0.1, -0.05) is 18.2 Å². The molecular formula is C23H19N3O8S. The summed E-state index contributed by atoms with van der Waals surface area (Å²) in [5, 5.41) is 2.48. The zero-order valence-corrected chi connectivity index (χ0v) is 19.0. The predicted molar refractivity (Wildman–Crippen MR) is 126 cm³/mol. The molecule has 2 heterocycles. The molecule has 12 heteroatoms. The van der Waals surface area contributed by atoms with E-state index in [1.807, 2.05) is 0 Å². The number of carbonyl (C=O) groups is 1. The van der Waals surface area contributed by atoms with E-state index in [-0.39, 0.29) is 39.3 Å². The first kappa shape index (κ1) is 23.6. The summed E-state index contributed by atoms with van der Waals surface area (Å²) in [5.41, 5.74) is -0.996. The molecule has 0 fully saturated rings. The number of ether oxygens (including phenoxy) is 1. The highest BCUT2D eigenvalue weighted by Gasteiger charge is 2.22. The Morgan fingerprint density at radius 1 is 1.14 bits per heavy atom. The number of aromatic amines is 1. The standard InChI is InChI=1S/C23H19N3O8S/c1-32-21-16(9-10-19(27)24-13-14-6-5-11-33-14)17(12-18-20(21)22(28)34-23(29)25-18)26-35(30,31)15-7-3-2-4-8-15/h2-12,26H,13H2,1H3,(H,24,27)(H,25,29)/b10-9+. The zero-order chi connectivity index (χ0) is 25.0. The van der Waals surface area contributed by atoms with Gasteiger partial charge in [0.1, 0.15) is 16.9 Å². The van der Waals surface area contributed by atoms with Crippen LogP contribution >= 0.6 is 0 Å². The van der Waals surface area contributed by atoms with Crippen molar-refractivity contribution in [2.75, 3.05) is 11.8 Å². The van der Waals surface area contributed by atoms with Crippen LogP contribution in [0.15, 0.2) is 84.2 Å². The molecule has 4 rings (SSSR count). The highest BCUT2D eigenvalue weighted by Crippen LogP contribution is 2.35. The maximum absolute atomic E-state index is 13.0. The van der Waals surface area contributed by atoms with Gasteiger partial charge in [-0.2, -0.15) is 0 Å². The number of anilines is 1. The van der Waals surface area contributed by atoms with Crippen LogP contribution in [0.2, 0.25) is 0 Å². The first-order valence-electron chi connectivity index (χ1n) is 10.1. The van der Waals surface area contributed by atoms with E-state index in [9.17, 15) is 22.8 Å². The number of amides is 1. The molecule has 180 valence electrons. The van der Waals surface area contributed by atoms with E-state index >= 15 is 0 Å². The summed E-state index contributed by atoms with van der Waals surface area (Å²) in [6.07, 6.45) is 3.89. The number of H-pyrrole nitrogens is 1. The van der Waals surface area contributed by atoms with Crippen molar-refractivity contribution in [2.45, 2.75) is 11.4 Å². The van der Waals surface area contributed by atoms with Gasteiger partial charge in [0, 0.05) is 11.6 Å². The Morgan fingerprint density at radius 2 is 1.91 bits per heavy atom. The van der Waals surface area contributed by atoms with E-state index < -0.39 is 27.3 Å². The Bertz CT molecular complexity index is 1620. The van der Waals surface area contributed by atoms with E-state index in [1.54, 1.807) is 30.3 Å². The normalized spacial score (nSPS) is 11.6. The molecule has 0 bridgehead atoms. The number of hydrogen-bond acceptors (Lipinski definition) is 8. The molecule has 2 aromatic carbocycles. The number of carbonyl (C=O) groups excluding carboxylic acids is 1. The van der Waals surface area contributed by atoms with E-state index in [4.69, 9.17) is 9.15 Å². The van der Waals surface area contributed by atoms with Crippen molar-refractivity contribution in [3.63, 3.8) is 0 Å². The highest BCUT2D eigenvalue weighted by molar-refractivity contribution is 7.92. The van der Waals surface area contributed by atoms with Crippen LogP contribution in [0.1, 0.15) is 11.3 Å². The second-order valence-electron chi connectivity index (χ2n) is 7.14. The molecule has 0 saturated carbocycles. The van der Waals surface area contributed by atoms with Gasteiger partial charge in [0.25, 0.3) is 10.0 Å². The second-order valence-corrected chi connectivity index (χ2v) is 8.83. The van der Waals surface area contributed by atoms with Crippen LogP contribution in [0.5, 0.6) is 5.75 Å². The Labute approximate surface area is 198 Å². The van der Waals surface area contributed by atoms with Crippen LogP contribution in [0.4, 0.5) is 5.69 Å². The van der Waals surface area contributed by atoms with Gasteiger partial charge in [-0.25, -0.2) is 18.0 Å². The minimum Gasteiger partial charge on any atom is -0.495 e. The van der Waals surface area contributed by atoms with E-state index in [1.165, 1.54) is 37.6 Å². The predicted octanol–water partition coefficient (Wildman–Crippen LogP) is 2.21. The molecular weight excluding hydrogens is 478 g/mol. The summed E-state index contributed by atoms with van der Waals surface area (Å²) in [4.78, 5) is 38.8. The van der Waals surface area contributed by atoms with E-state index in [2.05, 4.69) is 19.4 Å². The second kappa shape index (κ2) is 9.73. The summed E-state index contributed by atoms with van der Waals surface area (Å²) in [5.74, 6) is -1.11. The number of aromatic nitrogens is 1. The monoisotopic (exact) mass is 497 g/mol. The number of sulfonamides is 1. The minimum atomic E-state index is -4.07. The molecule has 4 aromatic rings. The third-order valence-corrected chi connectivity index (χ3v) is 6.25. The van der Waals surface area contributed by atoms with Crippen molar-refractivity contribution in [1.29, 1.82) is 0 Å². The molecule has 0 atom stereocenters. The average molecular weight is 497 g/mol. The Balaban J connectivity index is 1.80. The number of benzene rings is 2. The fraction of sp³-hybridized carbons (Fsp3) is 0.0870. The molecule has 1 amide bonds. The minimum absolute atomic E-state index is 0.0201. The van der Waals surface area contributed by atoms with Gasteiger partial charge in [0.15, 0.2) is 0 Å². The fourth-order valence-corrected chi connectivity index (χ4v) is 4.41. The van der Waals surface area contributed by atoms with Crippen LogP contribution in [-0.4, -0.2) is 26.4 Å². The summed E-state index contributed by atoms with van der Waals surface area (Å²) in [6, 6.07) is 12.2. The van der Waals surface area contributed by atoms with Crippen molar-refractivity contribution in [1.82, 2.24) is 10.3 Å². The lowest BCUT2D eigenvalue weighted by Gasteiger charge is -2.15. The Morgan fingerprint density at radius 3 is 2.60 bits per heavy atom. The molecule has 0 aliphatic heterocycles. The van der Waals surface area contributed by atoms with Gasteiger partial charge in [-0.3, -0.25) is 14.5 Å². The van der Waals surface area contributed by atoms with Crippen molar-refractivity contribution < 1.29 is 26.8 Å². The number of hydrogen-bond donors (Lipinski definition) is 3. The number of methoxy groups -OCH3 is 1. The van der Waals surface area contributed by atoms with Crippen molar-refractivity contribution in [3.8, 4) is 5.75 Å². The summed E-state index contributed by atoms with van der Waals surface area (Å²) in [6.45, 7) is 0.128. The van der Waals surface area contributed by atoms with Crippen molar-refractivity contribution in [2.24, 2.45) is 0 Å². The molecule has 0 saturated heterocycles. The van der Waals surface area contributed by atoms with Gasteiger partial charge in [-0.15, -0.1) is 0 Å². The van der Waals surface area contributed by atoms with Crippen LogP contribution in [-0.2, 0) is 21.4 Å². The van der Waals surface area contributed by atoms with Gasteiger partial charge < -0.3 is 18.9 Å². The Kier molecular flexibility index (Phi) is 6.55. The maximum atomic E-state index is 13.0. The number of furan rings is 1. The SMILES string of the molecule is COc1c(/C=C/C(=O)NCc2ccco2)c(NS(=O)(=O)c2ccccc2)cc2[nH]c(=O)oc(=O)c12. The smallest absolute Gasteiger partial charge is 0.419 e. The molecule has 3 N–H and O–H groups in total. The summed E-state index contributed by atoms with van der Waals surface area (Å²) >= 11 is 0. The van der Waals surface area contributed by atoms with Crippen LogP contribution in [0.25, 0.3) is 17.0 Å². The van der Waals surface area contributed by atoms with Gasteiger partial charge in [0.05, 0.1) is 36.0 Å². The fourth-order valence-electron chi connectivity index (χ4n) is 3.32. The van der Waals surface area contributed by atoms with Crippen molar-refractivity contribution in [3.05, 3.63) is 93.2 Å². The van der Waals surface area contributed by atoms with Crippen LogP contribution in [0.3, 0.4) is 0 Å². The third-order valence-electron chi connectivity index (χ3n) is 4.87. The maximum Gasteiger partial charge on any atom is 0.419 e. The largest absolute Gasteiger partial charge is 0.495 e. The lowest BCUT2D eigenvalue weighted by Crippen LogP contribution is -2.20. The lowest BCUT2D eigenvalue weighted by atomic mass is 10.1. The quantitative estimate of drug-likeness (QED) is 0.312. The average Bonchev–Trinajstić information content (AvgIpc) is 3.35. The highest BCUT2D eigenvalue weighted by atomic mass is 32.2. The number of rotatable bonds is 8. The van der Waals surface area contributed by atoms with Gasteiger partial charge in [-0.05, 0) is 36.4 Å². The summed E-state index contributed by atoms with van der Waals surface area (Å²) < 4.78 is 43.5. The molecule has 0 spiro atoms. The van der Waals surface area contributed by atoms with Gasteiger partial charge in [0.2, 0.25) is 5.91 Å². The molecule has 0 unspecified atom stereocenters. The third kappa shape index (κ3) is 5.17. The molecule has 2 aromatic heterocycles. The van der Waals surface area contributed by atoms with E-state index in [0.717, 1.165) is 6.08 Å².